The van der Waals surface area contributed by atoms with Crippen molar-refractivity contribution in [2.75, 3.05) is 0 Å². The van der Waals surface area contributed by atoms with E-state index < -0.39 is 0 Å². The molecular weight excluding hydrogens is 394 g/mol. The van der Waals surface area contributed by atoms with Gasteiger partial charge in [0.1, 0.15) is 0 Å². The Kier molecular flexibility index (Phi) is 4.31. The molecule has 0 saturated heterocycles. The predicted octanol–water partition coefficient (Wildman–Crippen LogP) is 4.30. The summed E-state index contributed by atoms with van der Waals surface area (Å²) in [4.78, 5) is 4.54. The molecule has 0 amide bonds. The van der Waals surface area contributed by atoms with E-state index in [9.17, 15) is 0 Å². The molecule has 2 aromatic rings. The minimum Gasteiger partial charge on any atom is -0.370 e. The molecule has 21 heavy (non-hydrogen) atoms. The summed E-state index contributed by atoms with van der Waals surface area (Å²) in [5.41, 5.74) is 8.37. The van der Waals surface area contributed by atoms with E-state index in [4.69, 9.17) is 5.73 Å². The summed E-state index contributed by atoms with van der Waals surface area (Å²) in [7, 11) is 0. The van der Waals surface area contributed by atoms with Crippen LogP contribution in [0.25, 0.3) is 0 Å². The van der Waals surface area contributed by atoms with Gasteiger partial charge in [0.05, 0.1) is 12.1 Å². The normalized spacial score (nSPS) is 21.5. The average molecular weight is 409 g/mol. The first-order valence-electron chi connectivity index (χ1n) is 6.72. The fourth-order valence-electron chi connectivity index (χ4n) is 2.59. The van der Waals surface area contributed by atoms with Crippen molar-refractivity contribution in [3.8, 4) is 0 Å². The summed E-state index contributed by atoms with van der Waals surface area (Å²) in [6.07, 6.45) is 0.883. The number of benzene rings is 2. The van der Waals surface area contributed by atoms with E-state index in [2.05, 4.69) is 66.4 Å². The third-order valence-corrected chi connectivity index (χ3v) is 4.55. The van der Waals surface area contributed by atoms with Gasteiger partial charge in [0, 0.05) is 8.95 Å². The van der Waals surface area contributed by atoms with Crippen LogP contribution in [0.4, 0.5) is 0 Å². The van der Waals surface area contributed by atoms with E-state index in [0.29, 0.717) is 5.96 Å². The molecule has 0 radical (unpaired) electrons. The van der Waals surface area contributed by atoms with Gasteiger partial charge in [0.25, 0.3) is 0 Å². The van der Waals surface area contributed by atoms with Crippen LogP contribution in [0.5, 0.6) is 0 Å². The standard InChI is InChI=1S/C16H15Br2N3/c17-12-5-1-3-10(7-12)14-9-15(21-16(19)20-14)11-4-2-6-13(18)8-11/h1-8,14-15H,9H2,(H3,19,20,21). The Morgan fingerprint density at radius 2 is 1.62 bits per heavy atom. The Morgan fingerprint density at radius 3 is 2.29 bits per heavy atom. The van der Waals surface area contributed by atoms with Crippen molar-refractivity contribution in [3.05, 3.63) is 68.6 Å². The van der Waals surface area contributed by atoms with Crippen molar-refractivity contribution in [2.24, 2.45) is 10.7 Å². The topological polar surface area (TPSA) is 50.4 Å². The van der Waals surface area contributed by atoms with Crippen LogP contribution in [-0.2, 0) is 0 Å². The molecule has 108 valence electrons. The van der Waals surface area contributed by atoms with Crippen LogP contribution in [0.3, 0.4) is 0 Å². The Balaban J connectivity index is 1.89. The van der Waals surface area contributed by atoms with E-state index in [0.717, 1.165) is 15.4 Å². The lowest BCUT2D eigenvalue weighted by atomic mass is 9.94. The van der Waals surface area contributed by atoms with Gasteiger partial charge >= 0.3 is 0 Å². The van der Waals surface area contributed by atoms with E-state index in [1.165, 1.54) is 11.1 Å². The van der Waals surface area contributed by atoms with Crippen LogP contribution in [0.1, 0.15) is 29.6 Å². The Bertz CT molecular complexity index is 685. The number of aliphatic imine (C=N–C) groups is 1. The molecule has 5 heteroatoms. The molecule has 0 aliphatic carbocycles. The second-order valence-electron chi connectivity index (χ2n) is 5.07. The summed E-state index contributed by atoms with van der Waals surface area (Å²) >= 11 is 7.03. The van der Waals surface area contributed by atoms with E-state index in [1.807, 2.05) is 24.3 Å². The SMILES string of the molecule is NC1=NC(c2cccc(Br)c2)CC(c2cccc(Br)c2)N1. The lowest BCUT2D eigenvalue weighted by Crippen LogP contribution is -2.39. The summed E-state index contributed by atoms with van der Waals surface area (Å²) in [5, 5.41) is 3.27. The molecule has 2 atom stereocenters. The van der Waals surface area contributed by atoms with Gasteiger partial charge in [-0.15, -0.1) is 0 Å². The Labute approximate surface area is 140 Å². The monoisotopic (exact) mass is 407 g/mol. The summed E-state index contributed by atoms with van der Waals surface area (Å²) in [5.74, 6) is 0.496. The van der Waals surface area contributed by atoms with Crippen molar-refractivity contribution >= 4 is 37.8 Å². The molecule has 3 rings (SSSR count). The smallest absolute Gasteiger partial charge is 0.189 e. The zero-order chi connectivity index (χ0) is 14.8. The number of hydrogen-bond donors (Lipinski definition) is 2. The molecule has 0 saturated carbocycles. The molecule has 2 unspecified atom stereocenters. The van der Waals surface area contributed by atoms with Gasteiger partial charge in [-0.3, -0.25) is 0 Å². The summed E-state index contributed by atoms with van der Waals surface area (Å²) in [6, 6.07) is 16.8. The maximum atomic E-state index is 5.98. The zero-order valence-electron chi connectivity index (χ0n) is 11.3. The number of guanidine groups is 1. The van der Waals surface area contributed by atoms with E-state index in [-0.39, 0.29) is 12.1 Å². The van der Waals surface area contributed by atoms with Crippen LogP contribution >= 0.6 is 31.9 Å². The van der Waals surface area contributed by atoms with Gasteiger partial charge in [-0.05, 0) is 41.8 Å². The predicted molar refractivity (Wildman–Crippen MR) is 93.1 cm³/mol. The Morgan fingerprint density at radius 1 is 1.00 bits per heavy atom. The van der Waals surface area contributed by atoms with Gasteiger partial charge < -0.3 is 11.1 Å². The number of rotatable bonds is 2. The van der Waals surface area contributed by atoms with Crippen molar-refractivity contribution in [2.45, 2.75) is 18.5 Å². The first-order chi connectivity index (χ1) is 10.1. The number of halogens is 2. The largest absolute Gasteiger partial charge is 0.370 e. The fourth-order valence-corrected chi connectivity index (χ4v) is 3.42. The van der Waals surface area contributed by atoms with Crippen LogP contribution < -0.4 is 11.1 Å². The molecule has 3 nitrogen and oxygen atoms in total. The number of nitrogens with two attached hydrogens (primary N) is 1. The molecule has 3 N–H and O–H groups in total. The number of hydrogen-bond acceptors (Lipinski definition) is 3. The van der Waals surface area contributed by atoms with Gasteiger partial charge in [-0.25, -0.2) is 4.99 Å². The highest BCUT2D eigenvalue weighted by Gasteiger charge is 2.24. The van der Waals surface area contributed by atoms with Gasteiger partial charge in [-0.2, -0.15) is 0 Å². The Hall–Kier alpha value is -1.33. The number of nitrogens with zero attached hydrogens (tertiary/aromatic N) is 1. The second-order valence-corrected chi connectivity index (χ2v) is 6.90. The molecule has 2 aromatic carbocycles. The first kappa shape index (κ1) is 14.6. The van der Waals surface area contributed by atoms with E-state index >= 15 is 0 Å². The van der Waals surface area contributed by atoms with Crippen LogP contribution in [0.2, 0.25) is 0 Å². The van der Waals surface area contributed by atoms with Crippen molar-refractivity contribution in [1.29, 1.82) is 0 Å². The first-order valence-corrected chi connectivity index (χ1v) is 8.31. The maximum Gasteiger partial charge on any atom is 0.189 e. The molecule has 1 aliphatic heterocycles. The second kappa shape index (κ2) is 6.20. The molecule has 0 bridgehead atoms. The lowest BCUT2D eigenvalue weighted by molar-refractivity contribution is 0.487. The average Bonchev–Trinajstić information content (AvgIpc) is 2.46. The third kappa shape index (κ3) is 3.47. The molecule has 0 aromatic heterocycles. The third-order valence-electron chi connectivity index (χ3n) is 3.56. The number of nitrogens with one attached hydrogen (secondary N) is 1. The maximum absolute atomic E-state index is 5.98. The minimum atomic E-state index is 0.0766. The molecular formula is C16H15Br2N3. The van der Waals surface area contributed by atoms with E-state index in [1.54, 1.807) is 0 Å². The lowest BCUT2D eigenvalue weighted by Gasteiger charge is -2.29. The highest BCUT2D eigenvalue weighted by molar-refractivity contribution is 9.10. The van der Waals surface area contributed by atoms with Crippen molar-refractivity contribution in [3.63, 3.8) is 0 Å². The summed E-state index contributed by atoms with van der Waals surface area (Å²) in [6.45, 7) is 0. The van der Waals surface area contributed by atoms with Crippen LogP contribution in [0, 0.1) is 0 Å². The molecule has 0 fully saturated rings. The van der Waals surface area contributed by atoms with Crippen molar-refractivity contribution < 1.29 is 0 Å². The van der Waals surface area contributed by atoms with Crippen LogP contribution in [-0.4, -0.2) is 5.96 Å². The van der Waals surface area contributed by atoms with Gasteiger partial charge in [0.2, 0.25) is 0 Å². The zero-order valence-corrected chi connectivity index (χ0v) is 14.4. The molecule has 1 heterocycles. The fraction of sp³-hybridized carbons (Fsp3) is 0.188. The van der Waals surface area contributed by atoms with Gasteiger partial charge in [0.15, 0.2) is 5.96 Å². The molecule has 1 aliphatic rings. The highest BCUT2D eigenvalue weighted by atomic mass is 79.9. The summed E-state index contributed by atoms with van der Waals surface area (Å²) < 4.78 is 2.13. The minimum absolute atomic E-state index is 0.0766. The van der Waals surface area contributed by atoms with Gasteiger partial charge in [-0.1, -0.05) is 56.1 Å². The highest BCUT2D eigenvalue weighted by Crippen LogP contribution is 2.33. The van der Waals surface area contributed by atoms with Crippen molar-refractivity contribution in [1.82, 2.24) is 5.32 Å². The quantitative estimate of drug-likeness (QED) is 0.778. The molecule has 0 spiro atoms. The van der Waals surface area contributed by atoms with Crippen LogP contribution in [0.15, 0.2) is 62.5 Å².